The summed E-state index contributed by atoms with van der Waals surface area (Å²) in [5.74, 6) is -0.0419. The monoisotopic (exact) mass is 259 g/mol. The van der Waals surface area contributed by atoms with E-state index in [2.05, 4.69) is 30.4 Å². The number of methoxy groups -OCH3 is 1. The van der Waals surface area contributed by atoms with E-state index in [-0.39, 0.29) is 11.6 Å². The molecule has 0 amide bonds. The third kappa shape index (κ3) is 3.80. The minimum Gasteiger partial charge on any atom is -0.494 e. The van der Waals surface area contributed by atoms with Crippen molar-refractivity contribution >= 4 is 0 Å². The van der Waals surface area contributed by atoms with Gasteiger partial charge < -0.3 is 10.1 Å². The van der Waals surface area contributed by atoms with Crippen LogP contribution in [0.5, 0.6) is 5.75 Å². The molecule has 0 aliphatic heterocycles. The Morgan fingerprint density at radius 3 is 2.42 bits per heavy atom. The topological polar surface area (TPSA) is 21.3 Å². The summed E-state index contributed by atoms with van der Waals surface area (Å²) >= 11 is 0. The molecule has 3 heteroatoms. The van der Waals surface area contributed by atoms with Crippen LogP contribution < -0.4 is 10.1 Å². The zero-order valence-electron chi connectivity index (χ0n) is 11.2. The summed E-state index contributed by atoms with van der Waals surface area (Å²) in [6.07, 6.45) is 0. The Bertz CT molecular complexity index is 554. The Hall–Kier alpha value is -1.87. The van der Waals surface area contributed by atoms with Gasteiger partial charge in [0.2, 0.25) is 0 Å². The molecular formula is C16H18FNO. The number of halogens is 1. The Morgan fingerprint density at radius 2 is 1.79 bits per heavy atom. The Morgan fingerprint density at radius 1 is 1.05 bits per heavy atom. The van der Waals surface area contributed by atoms with E-state index in [1.54, 1.807) is 6.07 Å². The molecule has 2 aromatic carbocycles. The molecule has 2 nitrogen and oxygen atoms in total. The first-order chi connectivity index (χ1) is 9.19. The van der Waals surface area contributed by atoms with Gasteiger partial charge in [-0.15, -0.1) is 0 Å². The van der Waals surface area contributed by atoms with Gasteiger partial charge in [-0.05, 0) is 30.2 Å². The molecule has 0 radical (unpaired) electrons. The number of hydrogen-bond acceptors (Lipinski definition) is 2. The molecule has 0 saturated heterocycles. The van der Waals surface area contributed by atoms with Crippen molar-refractivity contribution in [2.75, 3.05) is 7.11 Å². The number of benzene rings is 2. The average molecular weight is 259 g/mol. The van der Waals surface area contributed by atoms with Crippen LogP contribution >= 0.6 is 0 Å². The predicted octanol–water partition coefficient (Wildman–Crippen LogP) is 3.43. The molecular weight excluding hydrogens is 241 g/mol. The van der Waals surface area contributed by atoms with Crippen molar-refractivity contribution in [2.45, 2.75) is 20.0 Å². The van der Waals surface area contributed by atoms with Crippen LogP contribution in [0.1, 0.15) is 16.7 Å². The first-order valence-electron chi connectivity index (χ1n) is 6.27. The summed E-state index contributed by atoms with van der Waals surface area (Å²) in [5.41, 5.74) is 3.38. The van der Waals surface area contributed by atoms with E-state index in [1.165, 1.54) is 24.3 Å². The van der Waals surface area contributed by atoms with Crippen LogP contribution in [0.2, 0.25) is 0 Å². The third-order valence-electron chi connectivity index (χ3n) is 2.96. The van der Waals surface area contributed by atoms with Gasteiger partial charge >= 0.3 is 0 Å². The van der Waals surface area contributed by atoms with Gasteiger partial charge in [0.1, 0.15) is 0 Å². The Labute approximate surface area is 113 Å². The van der Waals surface area contributed by atoms with Crippen LogP contribution in [0.4, 0.5) is 4.39 Å². The molecule has 19 heavy (non-hydrogen) atoms. The summed E-state index contributed by atoms with van der Waals surface area (Å²) in [6.45, 7) is 3.48. The fourth-order valence-electron chi connectivity index (χ4n) is 1.99. The molecule has 2 aromatic rings. The van der Waals surface area contributed by atoms with E-state index in [0.29, 0.717) is 6.54 Å². The van der Waals surface area contributed by atoms with E-state index in [0.717, 1.165) is 12.1 Å². The van der Waals surface area contributed by atoms with E-state index in [1.807, 2.05) is 12.1 Å². The second-order valence-corrected chi connectivity index (χ2v) is 4.56. The van der Waals surface area contributed by atoms with Gasteiger partial charge in [0.25, 0.3) is 0 Å². The highest BCUT2D eigenvalue weighted by Crippen LogP contribution is 2.17. The van der Waals surface area contributed by atoms with Gasteiger partial charge in [-0.1, -0.05) is 35.9 Å². The summed E-state index contributed by atoms with van der Waals surface area (Å²) in [4.78, 5) is 0. The molecule has 0 atom stereocenters. The standard InChI is InChI=1S/C16H18FNO/c1-12-4-3-5-13(8-12)10-18-11-14-6-7-16(19-2)15(17)9-14/h3-9,18H,10-11H2,1-2H3. The fourth-order valence-corrected chi connectivity index (χ4v) is 1.99. The summed E-state index contributed by atoms with van der Waals surface area (Å²) in [6, 6.07) is 13.4. The Kier molecular flexibility index (Phi) is 4.53. The molecule has 2 rings (SSSR count). The van der Waals surface area contributed by atoms with Crippen molar-refractivity contribution in [3.05, 3.63) is 65.0 Å². The maximum atomic E-state index is 13.5. The zero-order valence-corrected chi connectivity index (χ0v) is 11.2. The van der Waals surface area contributed by atoms with Crippen LogP contribution in [-0.2, 0) is 13.1 Å². The first kappa shape index (κ1) is 13.6. The zero-order chi connectivity index (χ0) is 13.7. The van der Waals surface area contributed by atoms with Crippen LogP contribution in [0, 0.1) is 12.7 Å². The number of rotatable bonds is 5. The highest BCUT2D eigenvalue weighted by Gasteiger charge is 2.03. The molecule has 0 aliphatic carbocycles. The summed E-state index contributed by atoms with van der Waals surface area (Å²) in [5, 5.41) is 3.30. The number of nitrogens with one attached hydrogen (secondary N) is 1. The number of hydrogen-bond donors (Lipinski definition) is 1. The predicted molar refractivity (Wildman–Crippen MR) is 74.7 cm³/mol. The van der Waals surface area contributed by atoms with Crippen molar-refractivity contribution < 1.29 is 9.13 Å². The van der Waals surface area contributed by atoms with Crippen LogP contribution in [0.15, 0.2) is 42.5 Å². The molecule has 0 unspecified atom stereocenters. The lowest BCUT2D eigenvalue weighted by Gasteiger charge is -2.07. The highest BCUT2D eigenvalue weighted by atomic mass is 19.1. The fraction of sp³-hybridized carbons (Fsp3) is 0.250. The smallest absolute Gasteiger partial charge is 0.165 e. The molecule has 0 spiro atoms. The van der Waals surface area contributed by atoms with Gasteiger partial charge in [-0.3, -0.25) is 0 Å². The average Bonchev–Trinajstić information content (AvgIpc) is 2.39. The largest absolute Gasteiger partial charge is 0.494 e. The van der Waals surface area contributed by atoms with Gasteiger partial charge in [-0.25, -0.2) is 4.39 Å². The number of ether oxygens (including phenoxy) is 1. The maximum absolute atomic E-state index is 13.5. The highest BCUT2D eigenvalue weighted by molar-refractivity contribution is 5.29. The summed E-state index contributed by atoms with van der Waals surface area (Å²) < 4.78 is 18.4. The maximum Gasteiger partial charge on any atom is 0.165 e. The lowest BCUT2D eigenvalue weighted by molar-refractivity contribution is 0.386. The van der Waals surface area contributed by atoms with Gasteiger partial charge in [-0.2, -0.15) is 0 Å². The van der Waals surface area contributed by atoms with E-state index in [9.17, 15) is 4.39 Å². The number of aryl methyl sites for hydroxylation is 1. The lowest BCUT2D eigenvalue weighted by Crippen LogP contribution is -2.12. The molecule has 0 aliphatic rings. The van der Waals surface area contributed by atoms with Crippen LogP contribution in [0.3, 0.4) is 0 Å². The normalized spacial score (nSPS) is 10.5. The van der Waals surface area contributed by atoms with E-state index >= 15 is 0 Å². The molecule has 0 saturated carbocycles. The van der Waals surface area contributed by atoms with Crippen LogP contribution in [-0.4, -0.2) is 7.11 Å². The molecule has 100 valence electrons. The minimum atomic E-state index is -0.322. The van der Waals surface area contributed by atoms with Crippen molar-refractivity contribution in [1.29, 1.82) is 0 Å². The summed E-state index contributed by atoms with van der Waals surface area (Å²) in [7, 11) is 1.47. The second kappa shape index (κ2) is 6.34. The molecule has 0 aromatic heterocycles. The molecule has 0 fully saturated rings. The third-order valence-corrected chi connectivity index (χ3v) is 2.96. The van der Waals surface area contributed by atoms with Crippen molar-refractivity contribution in [1.82, 2.24) is 5.32 Å². The minimum absolute atomic E-state index is 0.280. The van der Waals surface area contributed by atoms with Gasteiger partial charge in [0.05, 0.1) is 7.11 Å². The van der Waals surface area contributed by atoms with Crippen molar-refractivity contribution in [3.8, 4) is 5.75 Å². The van der Waals surface area contributed by atoms with Gasteiger partial charge in [0, 0.05) is 13.1 Å². The van der Waals surface area contributed by atoms with Crippen LogP contribution in [0.25, 0.3) is 0 Å². The van der Waals surface area contributed by atoms with E-state index < -0.39 is 0 Å². The molecule has 0 bridgehead atoms. The molecule has 0 heterocycles. The molecule has 1 N–H and O–H groups in total. The van der Waals surface area contributed by atoms with E-state index in [4.69, 9.17) is 4.74 Å². The lowest BCUT2D eigenvalue weighted by atomic mass is 10.1. The van der Waals surface area contributed by atoms with Crippen molar-refractivity contribution in [2.24, 2.45) is 0 Å². The van der Waals surface area contributed by atoms with Crippen molar-refractivity contribution in [3.63, 3.8) is 0 Å². The first-order valence-corrected chi connectivity index (χ1v) is 6.27. The quantitative estimate of drug-likeness (QED) is 0.888. The van der Waals surface area contributed by atoms with Gasteiger partial charge in [0.15, 0.2) is 11.6 Å². The second-order valence-electron chi connectivity index (χ2n) is 4.56. The SMILES string of the molecule is COc1ccc(CNCc2cccc(C)c2)cc1F. The Balaban J connectivity index is 1.90.